The quantitative estimate of drug-likeness (QED) is 0.479. The number of aliphatic hydroxyl groups is 1. The molecule has 1 aromatic heterocycles. The molecule has 3 aromatic carbocycles. The van der Waals surface area contributed by atoms with Gasteiger partial charge in [0.05, 0.1) is 12.6 Å². The fraction of sp³-hybridized carbons (Fsp3) is 0.269. The number of nitrogens with one attached hydrogen (secondary N) is 1. The maximum atomic E-state index is 13.2. The number of hydrogen-bond donors (Lipinski definition) is 2. The molecule has 1 unspecified atom stereocenters. The van der Waals surface area contributed by atoms with Crippen LogP contribution in [0.1, 0.15) is 34.6 Å². The molecule has 0 saturated carbocycles. The Labute approximate surface area is 192 Å². The van der Waals surface area contributed by atoms with Gasteiger partial charge in [-0.25, -0.2) is 0 Å². The van der Waals surface area contributed by atoms with Crippen molar-refractivity contribution in [3.8, 4) is 0 Å². The molecular weight excluding hydrogens is 414 g/mol. The first-order chi connectivity index (χ1) is 16.2. The van der Waals surface area contributed by atoms with Crippen molar-refractivity contribution in [3.63, 3.8) is 0 Å². The van der Waals surface area contributed by atoms with Gasteiger partial charge in [-0.1, -0.05) is 72.8 Å². The highest BCUT2D eigenvalue weighted by atomic mass is 16.3. The Morgan fingerprint density at radius 1 is 1.00 bits per heavy atom. The van der Waals surface area contributed by atoms with E-state index in [9.17, 15) is 9.90 Å². The van der Waals surface area contributed by atoms with Gasteiger partial charge >= 0.3 is 0 Å². The van der Waals surface area contributed by atoms with E-state index in [-0.39, 0.29) is 11.7 Å². The smallest absolute Gasteiger partial charge is 0.289 e. The van der Waals surface area contributed by atoms with Gasteiger partial charge in [0.2, 0.25) is 11.8 Å². The summed E-state index contributed by atoms with van der Waals surface area (Å²) in [6.07, 6.45) is 1.26. The number of aliphatic hydroxyl groups excluding tert-OH is 1. The Hall–Kier alpha value is -3.71. The number of hydrogen-bond acceptors (Lipinski definition) is 5. The van der Waals surface area contributed by atoms with Gasteiger partial charge in [-0.2, -0.15) is 0 Å². The highest BCUT2D eigenvalue weighted by Crippen LogP contribution is 2.22. The molecule has 7 nitrogen and oxygen atoms in total. The Morgan fingerprint density at radius 2 is 1.79 bits per heavy atom. The first-order valence-corrected chi connectivity index (χ1v) is 11.3. The van der Waals surface area contributed by atoms with Crippen LogP contribution < -0.4 is 10.2 Å². The topological polar surface area (TPSA) is 83.3 Å². The second kappa shape index (κ2) is 9.42. The molecule has 1 fully saturated rings. The number of carbonyl (C=O) groups excluding carboxylic acids is 1. The van der Waals surface area contributed by atoms with E-state index in [0.717, 1.165) is 41.3 Å². The van der Waals surface area contributed by atoms with Crippen LogP contribution in [0.5, 0.6) is 0 Å². The molecule has 7 heteroatoms. The Morgan fingerprint density at radius 3 is 2.64 bits per heavy atom. The predicted octanol–water partition coefficient (Wildman–Crippen LogP) is 3.37. The van der Waals surface area contributed by atoms with Crippen LogP contribution in [0.25, 0.3) is 10.8 Å². The lowest BCUT2D eigenvalue weighted by molar-refractivity contribution is 0.0936. The molecule has 1 amide bonds. The normalized spacial score (nSPS) is 16.2. The average Bonchev–Trinajstić information content (AvgIpc) is 3.26. The summed E-state index contributed by atoms with van der Waals surface area (Å²) in [5, 5.41) is 24.1. The third-order valence-corrected chi connectivity index (χ3v) is 6.12. The number of nitrogens with zero attached hydrogens (tertiary/aromatic N) is 4. The molecule has 1 atom stereocenters. The zero-order chi connectivity index (χ0) is 22.6. The summed E-state index contributed by atoms with van der Waals surface area (Å²) in [4.78, 5) is 15.2. The van der Waals surface area contributed by atoms with Crippen molar-refractivity contribution < 1.29 is 9.90 Å². The molecule has 1 aliphatic heterocycles. The third-order valence-electron chi connectivity index (χ3n) is 6.12. The summed E-state index contributed by atoms with van der Waals surface area (Å²) in [7, 11) is 0. The van der Waals surface area contributed by atoms with Crippen LogP contribution in [-0.4, -0.2) is 45.0 Å². The summed E-state index contributed by atoms with van der Waals surface area (Å²) >= 11 is 0. The minimum atomic E-state index is -0.399. The first-order valence-electron chi connectivity index (χ1n) is 11.3. The number of fused-ring (bicyclic) bond motifs is 1. The maximum Gasteiger partial charge on any atom is 0.289 e. The van der Waals surface area contributed by atoms with E-state index in [4.69, 9.17) is 0 Å². The van der Waals surface area contributed by atoms with E-state index in [1.807, 2.05) is 64.1 Å². The number of β-amino-alcohol motifs (C(OH)–C–C–N with tert-alkyl or cyclic N) is 1. The highest BCUT2D eigenvalue weighted by Gasteiger charge is 2.26. The van der Waals surface area contributed by atoms with Crippen LogP contribution in [0, 0.1) is 0 Å². The monoisotopic (exact) mass is 441 g/mol. The largest absolute Gasteiger partial charge is 0.391 e. The molecular formula is C26H27N5O2. The van der Waals surface area contributed by atoms with Gasteiger partial charge < -0.3 is 15.3 Å². The van der Waals surface area contributed by atoms with Crippen LogP contribution in [0.4, 0.5) is 5.95 Å². The van der Waals surface area contributed by atoms with Crippen molar-refractivity contribution in [2.45, 2.75) is 32.0 Å². The minimum Gasteiger partial charge on any atom is -0.391 e. The van der Waals surface area contributed by atoms with Crippen LogP contribution in [0.3, 0.4) is 0 Å². The standard InChI is InChI=1S/C26H27N5O2/c32-22-13-7-15-30(18-22)26-29-28-24(31(26)17-19-8-2-1-3-9-19)25(33)27-16-21-12-6-11-20-10-4-5-14-23(20)21/h1-6,8-12,14,22,32H,7,13,15-18H2,(H,27,33). The van der Waals surface area contributed by atoms with Gasteiger partial charge in [-0.05, 0) is 34.7 Å². The fourth-order valence-corrected chi connectivity index (χ4v) is 4.45. The van der Waals surface area contributed by atoms with Crippen molar-refractivity contribution in [2.75, 3.05) is 18.0 Å². The van der Waals surface area contributed by atoms with Crippen molar-refractivity contribution in [2.24, 2.45) is 0 Å². The number of rotatable bonds is 6. The summed E-state index contributed by atoms with van der Waals surface area (Å²) in [6, 6.07) is 24.2. The lowest BCUT2D eigenvalue weighted by atomic mass is 10.0. The molecule has 5 rings (SSSR count). The van der Waals surface area contributed by atoms with E-state index in [2.05, 4.69) is 33.7 Å². The predicted molar refractivity (Wildman–Crippen MR) is 128 cm³/mol. The zero-order valence-corrected chi connectivity index (χ0v) is 18.4. The van der Waals surface area contributed by atoms with Gasteiger partial charge in [0, 0.05) is 19.6 Å². The summed E-state index contributed by atoms with van der Waals surface area (Å²) in [5.74, 6) is 0.622. The maximum absolute atomic E-state index is 13.2. The van der Waals surface area contributed by atoms with Gasteiger partial charge in [0.25, 0.3) is 5.91 Å². The van der Waals surface area contributed by atoms with Gasteiger partial charge in [0.15, 0.2) is 0 Å². The second-order valence-electron chi connectivity index (χ2n) is 8.46. The third kappa shape index (κ3) is 4.59. The highest BCUT2D eigenvalue weighted by molar-refractivity contribution is 5.92. The number of aromatic nitrogens is 3. The lowest BCUT2D eigenvalue weighted by Crippen LogP contribution is -2.40. The summed E-state index contributed by atoms with van der Waals surface area (Å²) in [5.41, 5.74) is 2.11. The Bertz CT molecular complexity index is 1250. The van der Waals surface area contributed by atoms with E-state index in [1.165, 1.54) is 0 Å². The molecule has 1 aliphatic rings. The molecule has 33 heavy (non-hydrogen) atoms. The van der Waals surface area contributed by atoms with Crippen LogP contribution in [0.2, 0.25) is 0 Å². The Kier molecular flexibility index (Phi) is 6.04. The van der Waals surface area contributed by atoms with E-state index >= 15 is 0 Å². The number of carbonyl (C=O) groups is 1. The van der Waals surface area contributed by atoms with Gasteiger partial charge in [-0.15, -0.1) is 10.2 Å². The van der Waals surface area contributed by atoms with Crippen LogP contribution in [-0.2, 0) is 13.1 Å². The minimum absolute atomic E-state index is 0.268. The average molecular weight is 442 g/mol. The van der Waals surface area contributed by atoms with Crippen LogP contribution in [0.15, 0.2) is 72.8 Å². The molecule has 0 bridgehead atoms. The number of benzene rings is 3. The van der Waals surface area contributed by atoms with Crippen LogP contribution >= 0.6 is 0 Å². The molecule has 0 aliphatic carbocycles. The Balaban J connectivity index is 1.42. The summed E-state index contributed by atoms with van der Waals surface area (Å²) < 4.78 is 1.85. The van der Waals surface area contributed by atoms with E-state index in [0.29, 0.717) is 25.6 Å². The van der Waals surface area contributed by atoms with Gasteiger partial charge in [-0.3, -0.25) is 9.36 Å². The molecule has 1 saturated heterocycles. The molecule has 0 spiro atoms. The van der Waals surface area contributed by atoms with Crippen molar-refractivity contribution in [3.05, 3.63) is 89.7 Å². The SMILES string of the molecule is O=C(NCc1cccc2ccccc12)c1nnc(N2CCCC(O)C2)n1Cc1ccccc1. The lowest BCUT2D eigenvalue weighted by Gasteiger charge is -2.31. The fourth-order valence-electron chi connectivity index (χ4n) is 4.45. The molecule has 4 aromatic rings. The second-order valence-corrected chi connectivity index (χ2v) is 8.46. The number of amides is 1. The molecule has 2 N–H and O–H groups in total. The zero-order valence-electron chi connectivity index (χ0n) is 18.4. The van der Waals surface area contributed by atoms with Crippen molar-refractivity contribution in [1.29, 1.82) is 0 Å². The first kappa shape index (κ1) is 21.2. The summed E-state index contributed by atoms with van der Waals surface area (Å²) in [6.45, 7) is 2.15. The van der Waals surface area contributed by atoms with Crippen molar-refractivity contribution >= 4 is 22.6 Å². The van der Waals surface area contributed by atoms with E-state index in [1.54, 1.807) is 0 Å². The van der Waals surface area contributed by atoms with Gasteiger partial charge in [0.1, 0.15) is 0 Å². The molecule has 168 valence electrons. The molecule has 0 radical (unpaired) electrons. The molecule has 2 heterocycles. The number of anilines is 1. The van der Waals surface area contributed by atoms with E-state index < -0.39 is 6.10 Å². The number of piperidine rings is 1. The van der Waals surface area contributed by atoms with Crippen molar-refractivity contribution in [1.82, 2.24) is 20.1 Å².